The second kappa shape index (κ2) is 8.09. The molecule has 6 heteroatoms. The van der Waals surface area contributed by atoms with Gasteiger partial charge in [-0.15, -0.1) is 0 Å². The van der Waals surface area contributed by atoms with Crippen LogP contribution in [0, 0.1) is 5.41 Å². The zero-order valence-electron chi connectivity index (χ0n) is 17.4. The van der Waals surface area contributed by atoms with Gasteiger partial charge in [-0.1, -0.05) is 42.5 Å². The third kappa shape index (κ3) is 4.65. The third-order valence-electron chi connectivity index (χ3n) is 6.38. The highest BCUT2D eigenvalue weighted by Crippen LogP contribution is 2.42. The van der Waals surface area contributed by atoms with Crippen LogP contribution in [-0.2, 0) is 22.3 Å². The molecule has 4 rings (SSSR count). The van der Waals surface area contributed by atoms with E-state index in [4.69, 9.17) is 0 Å². The van der Waals surface area contributed by atoms with Crippen molar-refractivity contribution in [1.29, 1.82) is 0 Å². The second-order valence-corrected chi connectivity index (χ2v) is 10.8. The van der Waals surface area contributed by atoms with Crippen molar-refractivity contribution in [3.05, 3.63) is 65.7 Å². The summed E-state index contributed by atoms with van der Waals surface area (Å²) in [4.78, 5) is 4.61. The fourth-order valence-corrected chi connectivity index (χ4v) is 6.17. The molecule has 0 saturated carbocycles. The van der Waals surface area contributed by atoms with E-state index in [1.165, 1.54) is 11.3 Å². The number of sulfonamides is 1. The summed E-state index contributed by atoms with van der Waals surface area (Å²) in [5, 5.41) is 0. The van der Waals surface area contributed by atoms with Gasteiger partial charge in [-0.25, -0.2) is 12.7 Å². The highest BCUT2D eigenvalue weighted by molar-refractivity contribution is 7.88. The molecule has 5 nitrogen and oxygen atoms in total. The summed E-state index contributed by atoms with van der Waals surface area (Å²) in [5.74, 6) is 0.110. The van der Waals surface area contributed by atoms with Crippen molar-refractivity contribution in [2.75, 3.05) is 45.2 Å². The van der Waals surface area contributed by atoms with Gasteiger partial charge < -0.3 is 4.90 Å². The Bertz CT molecular complexity index is 910. The largest absolute Gasteiger partial charge is 0.378 e. The number of rotatable bonds is 6. The number of hydrogen-bond donors (Lipinski definition) is 0. The van der Waals surface area contributed by atoms with Gasteiger partial charge in [-0.2, -0.15) is 0 Å². The van der Waals surface area contributed by atoms with Crippen molar-refractivity contribution in [3.63, 3.8) is 0 Å². The van der Waals surface area contributed by atoms with Crippen LogP contribution in [0.25, 0.3) is 0 Å². The Morgan fingerprint density at radius 3 is 2.10 bits per heavy atom. The summed E-state index contributed by atoms with van der Waals surface area (Å²) in [6.45, 7) is 4.44. The van der Waals surface area contributed by atoms with E-state index < -0.39 is 10.0 Å². The van der Waals surface area contributed by atoms with Gasteiger partial charge >= 0.3 is 0 Å². The predicted molar refractivity (Wildman–Crippen MR) is 118 cm³/mol. The lowest BCUT2D eigenvalue weighted by atomic mass is 9.73. The minimum Gasteiger partial charge on any atom is -0.378 e. The van der Waals surface area contributed by atoms with E-state index in [2.05, 4.69) is 48.2 Å². The van der Waals surface area contributed by atoms with E-state index in [1.807, 2.05) is 30.3 Å². The first-order valence-electron chi connectivity index (χ1n) is 10.4. The first-order valence-corrected chi connectivity index (χ1v) is 12.0. The Morgan fingerprint density at radius 1 is 0.897 bits per heavy atom. The molecule has 0 bridgehead atoms. The first-order chi connectivity index (χ1) is 13.9. The van der Waals surface area contributed by atoms with Crippen LogP contribution < -0.4 is 4.90 Å². The minimum absolute atomic E-state index is 0.110. The summed E-state index contributed by atoms with van der Waals surface area (Å²) in [5.41, 5.74) is 3.61. The Hall–Kier alpha value is -1.89. The number of benzene rings is 2. The summed E-state index contributed by atoms with van der Waals surface area (Å²) in [7, 11) is 0.904. The maximum absolute atomic E-state index is 12.7. The van der Waals surface area contributed by atoms with E-state index in [-0.39, 0.29) is 11.2 Å². The molecule has 2 fully saturated rings. The van der Waals surface area contributed by atoms with Crippen LogP contribution in [0.4, 0.5) is 5.69 Å². The topological polar surface area (TPSA) is 43.9 Å². The van der Waals surface area contributed by atoms with Crippen LogP contribution in [0.5, 0.6) is 0 Å². The van der Waals surface area contributed by atoms with E-state index in [0.29, 0.717) is 13.1 Å². The van der Waals surface area contributed by atoms with Crippen molar-refractivity contribution in [3.8, 4) is 0 Å². The lowest BCUT2D eigenvalue weighted by molar-refractivity contribution is -0.00147. The van der Waals surface area contributed by atoms with Gasteiger partial charge in [-0.3, -0.25) is 4.90 Å². The maximum Gasteiger partial charge on any atom is 0.218 e. The maximum atomic E-state index is 12.7. The molecule has 156 valence electrons. The van der Waals surface area contributed by atoms with Crippen molar-refractivity contribution in [1.82, 2.24) is 9.21 Å². The average molecular weight is 414 g/mol. The molecule has 2 aliphatic rings. The van der Waals surface area contributed by atoms with Crippen molar-refractivity contribution < 1.29 is 8.42 Å². The summed E-state index contributed by atoms with van der Waals surface area (Å²) < 4.78 is 27.1. The van der Waals surface area contributed by atoms with Gasteiger partial charge in [0.1, 0.15) is 0 Å². The zero-order valence-corrected chi connectivity index (χ0v) is 18.2. The minimum atomic E-state index is -3.21. The zero-order chi connectivity index (χ0) is 20.5. The average Bonchev–Trinajstić information content (AvgIpc) is 2.68. The second-order valence-electron chi connectivity index (χ2n) is 8.85. The number of piperidine rings is 1. The van der Waals surface area contributed by atoms with Gasteiger partial charge in [0, 0.05) is 44.8 Å². The number of likely N-dealkylation sites (tertiary alicyclic amines) is 1. The Kier molecular flexibility index (Phi) is 5.69. The highest BCUT2D eigenvalue weighted by atomic mass is 32.2. The quantitative estimate of drug-likeness (QED) is 0.730. The molecule has 2 aromatic carbocycles. The lowest BCUT2D eigenvalue weighted by Gasteiger charge is -2.53. The monoisotopic (exact) mass is 413 g/mol. The molecule has 2 aromatic rings. The molecule has 0 aliphatic carbocycles. The molecule has 2 heterocycles. The van der Waals surface area contributed by atoms with Crippen LogP contribution in [0.3, 0.4) is 0 Å². The fraction of sp³-hybridized carbons (Fsp3) is 0.478. The molecule has 0 aromatic heterocycles. The molecular weight excluding hydrogens is 382 g/mol. The fourth-order valence-electron chi connectivity index (χ4n) is 4.43. The molecule has 0 radical (unpaired) electrons. The summed E-state index contributed by atoms with van der Waals surface area (Å²) >= 11 is 0. The van der Waals surface area contributed by atoms with Crippen LogP contribution >= 0.6 is 0 Å². The predicted octanol–water partition coefficient (Wildman–Crippen LogP) is 3.18. The van der Waals surface area contributed by atoms with Crippen LogP contribution in [0.15, 0.2) is 54.6 Å². The Labute approximate surface area is 175 Å². The van der Waals surface area contributed by atoms with Crippen molar-refractivity contribution in [2.45, 2.75) is 25.1 Å². The van der Waals surface area contributed by atoms with Gasteiger partial charge in [0.05, 0.1) is 5.75 Å². The van der Waals surface area contributed by atoms with Gasteiger partial charge in [0.15, 0.2) is 0 Å². The first kappa shape index (κ1) is 20.4. The smallest absolute Gasteiger partial charge is 0.218 e. The van der Waals surface area contributed by atoms with E-state index in [9.17, 15) is 8.42 Å². The van der Waals surface area contributed by atoms with Crippen molar-refractivity contribution in [2.24, 2.45) is 5.41 Å². The van der Waals surface area contributed by atoms with Gasteiger partial charge in [0.25, 0.3) is 0 Å². The van der Waals surface area contributed by atoms with Crippen molar-refractivity contribution >= 4 is 15.7 Å². The summed E-state index contributed by atoms with van der Waals surface area (Å²) in [6.07, 6.45) is 2.17. The molecule has 29 heavy (non-hydrogen) atoms. The number of hydrogen-bond acceptors (Lipinski definition) is 4. The molecule has 0 amide bonds. The molecule has 0 unspecified atom stereocenters. The lowest BCUT2D eigenvalue weighted by Crippen LogP contribution is -2.61. The molecule has 2 aliphatic heterocycles. The van der Waals surface area contributed by atoms with E-state index in [1.54, 1.807) is 4.31 Å². The van der Waals surface area contributed by atoms with E-state index >= 15 is 0 Å². The van der Waals surface area contributed by atoms with Crippen LogP contribution in [-0.4, -0.2) is 57.9 Å². The third-order valence-corrected chi connectivity index (χ3v) is 8.13. The number of anilines is 1. The van der Waals surface area contributed by atoms with Gasteiger partial charge in [0.2, 0.25) is 10.0 Å². The molecule has 0 N–H and O–H groups in total. The van der Waals surface area contributed by atoms with Gasteiger partial charge in [-0.05, 0) is 49.2 Å². The number of nitrogens with zero attached hydrogens (tertiary/aromatic N) is 3. The van der Waals surface area contributed by atoms with E-state index in [0.717, 1.165) is 38.0 Å². The molecule has 2 saturated heterocycles. The highest BCUT2D eigenvalue weighted by Gasteiger charge is 2.48. The standard InChI is InChI=1S/C23H31N3O2S/c1-24(2)22-10-8-20(9-11-22)16-25-14-12-23(13-15-25)18-26(19-23)29(27,28)17-21-6-4-3-5-7-21/h3-11H,12-19H2,1-2H3. The molecule has 1 spiro atoms. The molecular formula is C23H31N3O2S. The summed E-state index contributed by atoms with van der Waals surface area (Å²) in [6, 6.07) is 18.2. The molecule has 0 atom stereocenters. The SMILES string of the molecule is CN(C)c1ccc(CN2CCC3(CC2)CN(S(=O)(=O)Cc2ccccc2)C3)cc1. The van der Waals surface area contributed by atoms with Crippen LogP contribution in [0.1, 0.15) is 24.0 Å². The Balaban J connectivity index is 1.27. The normalized spacial score (nSPS) is 19.8. The van der Waals surface area contributed by atoms with Crippen LogP contribution in [0.2, 0.25) is 0 Å². The Morgan fingerprint density at radius 2 is 1.52 bits per heavy atom.